The lowest BCUT2D eigenvalue weighted by atomic mass is 10.2. The molecule has 0 aromatic heterocycles. The van der Waals surface area contributed by atoms with Crippen molar-refractivity contribution in [2.24, 2.45) is 0 Å². The number of halogens is 3. The summed E-state index contributed by atoms with van der Waals surface area (Å²) < 4.78 is 0. The standard InChI is InChI=1S/C14H11Cl3N2O/c15-10-3-1-2-9(6-10)8-18-14(20)19-11-4-5-12(16)13(17)7-11/h1-7H,8H2,(H2,18,19,20). The molecule has 0 bridgehead atoms. The van der Waals surface area contributed by atoms with Crippen molar-refractivity contribution in [1.82, 2.24) is 5.32 Å². The highest BCUT2D eigenvalue weighted by Crippen LogP contribution is 2.24. The van der Waals surface area contributed by atoms with E-state index in [1.807, 2.05) is 12.1 Å². The predicted octanol–water partition coefficient (Wildman–Crippen LogP) is 4.97. The summed E-state index contributed by atoms with van der Waals surface area (Å²) in [5.41, 5.74) is 1.49. The first kappa shape index (κ1) is 15.0. The molecule has 0 heterocycles. The van der Waals surface area contributed by atoms with Crippen molar-refractivity contribution in [3.05, 3.63) is 63.1 Å². The Morgan fingerprint density at radius 2 is 1.80 bits per heavy atom. The van der Waals surface area contributed by atoms with Crippen LogP contribution in [-0.2, 0) is 6.54 Å². The molecule has 0 aliphatic heterocycles. The maximum atomic E-state index is 11.7. The molecule has 2 aromatic rings. The minimum Gasteiger partial charge on any atom is -0.334 e. The van der Waals surface area contributed by atoms with Gasteiger partial charge in [-0.15, -0.1) is 0 Å². The zero-order chi connectivity index (χ0) is 14.5. The summed E-state index contributed by atoms with van der Waals surface area (Å²) in [5.74, 6) is 0. The quantitative estimate of drug-likeness (QED) is 0.820. The molecule has 2 amide bonds. The molecule has 20 heavy (non-hydrogen) atoms. The number of anilines is 1. The fourth-order valence-electron chi connectivity index (χ4n) is 1.58. The Kier molecular flexibility index (Phi) is 5.12. The second kappa shape index (κ2) is 6.84. The molecule has 0 aliphatic carbocycles. The van der Waals surface area contributed by atoms with Crippen LogP contribution in [0.25, 0.3) is 0 Å². The Morgan fingerprint density at radius 3 is 2.50 bits per heavy atom. The molecule has 0 radical (unpaired) electrons. The maximum Gasteiger partial charge on any atom is 0.319 e. The zero-order valence-electron chi connectivity index (χ0n) is 10.3. The molecule has 2 rings (SSSR count). The van der Waals surface area contributed by atoms with E-state index in [2.05, 4.69) is 10.6 Å². The van der Waals surface area contributed by atoms with Crippen LogP contribution in [0.15, 0.2) is 42.5 Å². The second-order valence-electron chi connectivity index (χ2n) is 4.07. The lowest BCUT2D eigenvalue weighted by molar-refractivity contribution is 0.251. The number of carbonyl (C=O) groups is 1. The van der Waals surface area contributed by atoms with Gasteiger partial charge in [-0.1, -0.05) is 46.9 Å². The minimum absolute atomic E-state index is 0.330. The summed E-state index contributed by atoms with van der Waals surface area (Å²) in [7, 11) is 0. The third-order valence-corrected chi connectivity index (χ3v) is 3.49. The van der Waals surface area contributed by atoms with Crippen molar-refractivity contribution < 1.29 is 4.79 Å². The molecule has 2 N–H and O–H groups in total. The highest BCUT2D eigenvalue weighted by molar-refractivity contribution is 6.42. The van der Waals surface area contributed by atoms with Gasteiger partial charge in [0.25, 0.3) is 0 Å². The van der Waals surface area contributed by atoms with Crippen LogP contribution in [0.2, 0.25) is 15.1 Å². The number of hydrogen-bond acceptors (Lipinski definition) is 1. The fourth-order valence-corrected chi connectivity index (χ4v) is 2.09. The molecule has 0 aliphatic rings. The largest absolute Gasteiger partial charge is 0.334 e. The molecule has 0 saturated carbocycles. The van der Waals surface area contributed by atoms with Gasteiger partial charge in [0.05, 0.1) is 10.0 Å². The van der Waals surface area contributed by atoms with Gasteiger partial charge in [-0.3, -0.25) is 0 Å². The fraction of sp³-hybridized carbons (Fsp3) is 0.0714. The number of rotatable bonds is 3. The smallest absolute Gasteiger partial charge is 0.319 e. The minimum atomic E-state index is -0.330. The average Bonchev–Trinajstić information content (AvgIpc) is 2.41. The Hall–Kier alpha value is -1.42. The highest BCUT2D eigenvalue weighted by atomic mass is 35.5. The Balaban J connectivity index is 1.91. The third kappa shape index (κ3) is 4.30. The summed E-state index contributed by atoms with van der Waals surface area (Å²) in [6, 6.07) is 11.8. The van der Waals surface area contributed by atoms with Crippen molar-refractivity contribution in [1.29, 1.82) is 0 Å². The molecule has 0 spiro atoms. The molecule has 104 valence electrons. The first-order valence-corrected chi connectivity index (χ1v) is 6.92. The summed E-state index contributed by atoms with van der Waals surface area (Å²) in [5, 5.41) is 6.86. The molecule has 0 fully saturated rings. The molecule has 0 unspecified atom stereocenters. The molecule has 3 nitrogen and oxygen atoms in total. The van der Waals surface area contributed by atoms with E-state index in [1.54, 1.807) is 30.3 Å². The van der Waals surface area contributed by atoms with Crippen molar-refractivity contribution in [3.63, 3.8) is 0 Å². The Labute approximate surface area is 131 Å². The monoisotopic (exact) mass is 328 g/mol. The molecule has 6 heteroatoms. The van der Waals surface area contributed by atoms with Gasteiger partial charge in [0.1, 0.15) is 0 Å². The van der Waals surface area contributed by atoms with Gasteiger partial charge >= 0.3 is 6.03 Å². The Bertz CT molecular complexity index is 632. The molecule has 0 atom stereocenters. The van der Waals surface area contributed by atoms with Crippen LogP contribution in [0.3, 0.4) is 0 Å². The van der Waals surface area contributed by atoms with Gasteiger partial charge in [-0.05, 0) is 35.9 Å². The van der Waals surface area contributed by atoms with E-state index in [0.29, 0.717) is 27.3 Å². The van der Waals surface area contributed by atoms with E-state index in [9.17, 15) is 4.79 Å². The topological polar surface area (TPSA) is 41.1 Å². The van der Waals surface area contributed by atoms with E-state index in [0.717, 1.165) is 5.56 Å². The summed E-state index contributed by atoms with van der Waals surface area (Å²) in [4.78, 5) is 11.7. The predicted molar refractivity (Wildman–Crippen MR) is 83.8 cm³/mol. The lowest BCUT2D eigenvalue weighted by Gasteiger charge is -2.08. The van der Waals surface area contributed by atoms with Gasteiger partial charge < -0.3 is 10.6 Å². The molecule has 0 saturated heterocycles. The molecular formula is C14H11Cl3N2O. The van der Waals surface area contributed by atoms with Crippen LogP contribution in [0, 0.1) is 0 Å². The van der Waals surface area contributed by atoms with Gasteiger partial charge in [0.2, 0.25) is 0 Å². The number of urea groups is 1. The van der Waals surface area contributed by atoms with Crippen LogP contribution < -0.4 is 10.6 Å². The van der Waals surface area contributed by atoms with Crippen molar-refractivity contribution in [2.45, 2.75) is 6.54 Å². The normalized spacial score (nSPS) is 10.2. The van der Waals surface area contributed by atoms with Crippen molar-refractivity contribution >= 4 is 46.5 Å². The zero-order valence-corrected chi connectivity index (χ0v) is 12.6. The summed E-state index contributed by atoms with van der Waals surface area (Å²) >= 11 is 17.5. The van der Waals surface area contributed by atoms with Gasteiger partial charge in [-0.25, -0.2) is 4.79 Å². The lowest BCUT2D eigenvalue weighted by Crippen LogP contribution is -2.28. The van der Waals surface area contributed by atoms with E-state index in [1.165, 1.54) is 0 Å². The van der Waals surface area contributed by atoms with Crippen LogP contribution in [0.5, 0.6) is 0 Å². The number of benzene rings is 2. The number of carbonyl (C=O) groups excluding carboxylic acids is 1. The van der Waals surface area contributed by atoms with Gasteiger partial charge in [0.15, 0.2) is 0 Å². The van der Waals surface area contributed by atoms with E-state index < -0.39 is 0 Å². The first-order valence-electron chi connectivity index (χ1n) is 5.79. The van der Waals surface area contributed by atoms with Crippen LogP contribution in [0.1, 0.15) is 5.56 Å². The maximum absolute atomic E-state index is 11.7. The van der Waals surface area contributed by atoms with Crippen LogP contribution >= 0.6 is 34.8 Å². The average molecular weight is 330 g/mol. The Morgan fingerprint density at radius 1 is 1.00 bits per heavy atom. The van der Waals surface area contributed by atoms with Crippen LogP contribution in [0.4, 0.5) is 10.5 Å². The SMILES string of the molecule is O=C(NCc1cccc(Cl)c1)Nc1ccc(Cl)c(Cl)c1. The van der Waals surface area contributed by atoms with Crippen molar-refractivity contribution in [2.75, 3.05) is 5.32 Å². The van der Waals surface area contributed by atoms with Gasteiger partial charge in [-0.2, -0.15) is 0 Å². The molecule has 2 aromatic carbocycles. The highest BCUT2D eigenvalue weighted by Gasteiger charge is 2.04. The van der Waals surface area contributed by atoms with Crippen molar-refractivity contribution in [3.8, 4) is 0 Å². The number of hydrogen-bond donors (Lipinski definition) is 2. The first-order chi connectivity index (χ1) is 9.54. The van der Waals surface area contributed by atoms with Gasteiger partial charge in [0, 0.05) is 17.3 Å². The summed E-state index contributed by atoms with van der Waals surface area (Å²) in [6.45, 7) is 0.383. The number of nitrogens with one attached hydrogen (secondary N) is 2. The van der Waals surface area contributed by atoms with E-state index in [-0.39, 0.29) is 6.03 Å². The van der Waals surface area contributed by atoms with E-state index in [4.69, 9.17) is 34.8 Å². The number of amides is 2. The molecular weight excluding hydrogens is 319 g/mol. The summed E-state index contributed by atoms with van der Waals surface area (Å²) in [6.07, 6.45) is 0. The third-order valence-electron chi connectivity index (χ3n) is 2.52. The van der Waals surface area contributed by atoms with E-state index >= 15 is 0 Å². The second-order valence-corrected chi connectivity index (χ2v) is 5.32. The van der Waals surface area contributed by atoms with Crippen LogP contribution in [-0.4, -0.2) is 6.03 Å².